The minimum Gasteiger partial charge on any atom is -0.349 e. The Morgan fingerprint density at radius 2 is 1.95 bits per heavy atom. The second kappa shape index (κ2) is 4.94. The number of piperazine rings is 1. The minimum atomic E-state index is 0.398. The van der Waals surface area contributed by atoms with Crippen LogP contribution in [0.15, 0.2) is 24.3 Å². The van der Waals surface area contributed by atoms with E-state index in [0.29, 0.717) is 17.2 Å². The molecule has 2 aromatic rings. The van der Waals surface area contributed by atoms with Crippen LogP contribution in [0.4, 0.5) is 5.82 Å². The van der Waals surface area contributed by atoms with Crippen molar-refractivity contribution in [3.05, 3.63) is 29.4 Å². The molecule has 1 aliphatic rings. The van der Waals surface area contributed by atoms with Crippen molar-refractivity contribution in [2.45, 2.75) is 25.9 Å². The second-order valence-electron chi connectivity index (χ2n) is 5.17. The van der Waals surface area contributed by atoms with E-state index in [4.69, 9.17) is 11.6 Å². The van der Waals surface area contributed by atoms with Gasteiger partial charge in [0.05, 0.1) is 0 Å². The van der Waals surface area contributed by atoms with Gasteiger partial charge in [-0.1, -0.05) is 35.9 Å². The number of nitrogens with zero attached hydrogens (tertiary/aromatic N) is 3. The zero-order chi connectivity index (χ0) is 13.4. The minimum absolute atomic E-state index is 0.398. The number of nitrogens with one attached hydrogen (secondary N) is 1. The van der Waals surface area contributed by atoms with Crippen molar-refractivity contribution in [2.75, 3.05) is 18.0 Å². The quantitative estimate of drug-likeness (QED) is 0.869. The molecular weight excluding hydrogens is 260 g/mol. The van der Waals surface area contributed by atoms with Crippen molar-refractivity contribution in [1.82, 2.24) is 15.5 Å². The molecule has 0 spiro atoms. The summed E-state index contributed by atoms with van der Waals surface area (Å²) in [6.45, 7) is 6.27. The molecule has 0 saturated carbocycles. The Labute approximate surface area is 117 Å². The zero-order valence-corrected chi connectivity index (χ0v) is 11.9. The van der Waals surface area contributed by atoms with Crippen LogP contribution in [-0.2, 0) is 0 Å². The molecule has 1 aliphatic heterocycles. The molecule has 4 nitrogen and oxygen atoms in total. The highest BCUT2D eigenvalue weighted by Crippen LogP contribution is 2.29. The van der Waals surface area contributed by atoms with E-state index in [1.54, 1.807) is 0 Å². The van der Waals surface area contributed by atoms with Crippen LogP contribution in [-0.4, -0.2) is 35.4 Å². The molecule has 3 rings (SSSR count). The third-order valence-corrected chi connectivity index (χ3v) is 3.94. The summed E-state index contributed by atoms with van der Waals surface area (Å²) >= 11 is 6.13. The number of fused-ring (bicyclic) bond motifs is 1. The molecule has 100 valence electrons. The van der Waals surface area contributed by atoms with Crippen LogP contribution in [0.1, 0.15) is 13.8 Å². The topological polar surface area (TPSA) is 41.1 Å². The predicted molar refractivity (Wildman–Crippen MR) is 78.8 cm³/mol. The van der Waals surface area contributed by atoms with E-state index in [1.807, 2.05) is 18.2 Å². The van der Waals surface area contributed by atoms with Gasteiger partial charge in [0.15, 0.2) is 11.0 Å². The van der Waals surface area contributed by atoms with Crippen molar-refractivity contribution in [2.24, 2.45) is 0 Å². The maximum absolute atomic E-state index is 6.13. The number of benzene rings is 1. The molecule has 0 amide bonds. The van der Waals surface area contributed by atoms with Gasteiger partial charge in [0.2, 0.25) is 0 Å². The molecule has 0 aliphatic carbocycles. The Bertz CT molecular complexity index is 601. The van der Waals surface area contributed by atoms with Crippen LogP contribution in [0.25, 0.3) is 10.8 Å². The summed E-state index contributed by atoms with van der Waals surface area (Å²) in [6.07, 6.45) is 0. The first-order chi connectivity index (χ1) is 9.16. The molecular formula is C14H17ClN4. The van der Waals surface area contributed by atoms with Gasteiger partial charge in [-0.15, -0.1) is 10.2 Å². The smallest absolute Gasteiger partial charge is 0.159 e. The van der Waals surface area contributed by atoms with Crippen LogP contribution >= 0.6 is 11.6 Å². The fourth-order valence-electron chi connectivity index (χ4n) is 2.59. The molecule has 1 fully saturated rings. The average Bonchev–Trinajstić information content (AvgIpc) is 2.43. The van der Waals surface area contributed by atoms with E-state index in [1.165, 1.54) is 0 Å². The van der Waals surface area contributed by atoms with Crippen LogP contribution in [0.5, 0.6) is 0 Å². The number of anilines is 1. The van der Waals surface area contributed by atoms with Gasteiger partial charge in [0, 0.05) is 35.9 Å². The Hall–Kier alpha value is -1.39. The van der Waals surface area contributed by atoms with E-state index >= 15 is 0 Å². The summed E-state index contributed by atoms with van der Waals surface area (Å²) < 4.78 is 0. The molecule has 5 heteroatoms. The van der Waals surface area contributed by atoms with Gasteiger partial charge >= 0.3 is 0 Å². The highest BCUT2D eigenvalue weighted by molar-refractivity contribution is 6.34. The molecule has 19 heavy (non-hydrogen) atoms. The largest absolute Gasteiger partial charge is 0.349 e. The lowest BCUT2D eigenvalue weighted by Gasteiger charge is -2.38. The number of hydrogen-bond donors (Lipinski definition) is 1. The third-order valence-electron chi connectivity index (χ3n) is 3.66. The van der Waals surface area contributed by atoms with E-state index in [0.717, 1.165) is 29.7 Å². The van der Waals surface area contributed by atoms with Crippen LogP contribution in [0.2, 0.25) is 5.15 Å². The first-order valence-electron chi connectivity index (χ1n) is 6.58. The van der Waals surface area contributed by atoms with Crippen molar-refractivity contribution < 1.29 is 0 Å². The summed E-state index contributed by atoms with van der Waals surface area (Å²) in [4.78, 5) is 2.31. The zero-order valence-electron chi connectivity index (χ0n) is 11.1. The number of aromatic nitrogens is 2. The monoisotopic (exact) mass is 276 g/mol. The average molecular weight is 277 g/mol. The fraction of sp³-hybridized carbons (Fsp3) is 0.429. The van der Waals surface area contributed by atoms with Crippen LogP contribution < -0.4 is 10.2 Å². The van der Waals surface area contributed by atoms with Gasteiger partial charge < -0.3 is 10.2 Å². The molecule has 1 N–H and O–H groups in total. The van der Waals surface area contributed by atoms with Crippen molar-refractivity contribution in [1.29, 1.82) is 0 Å². The van der Waals surface area contributed by atoms with Gasteiger partial charge in [-0.25, -0.2) is 0 Å². The highest BCUT2D eigenvalue weighted by Gasteiger charge is 2.25. The van der Waals surface area contributed by atoms with E-state index in [9.17, 15) is 0 Å². The molecule has 2 atom stereocenters. The number of hydrogen-bond acceptors (Lipinski definition) is 4. The third kappa shape index (κ3) is 2.26. The lowest BCUT2D eigenvalue weighted by molar-refractivity contribution is 0.422. The normalized spacial score (nSPS) is 23.8. The summed E-state index contributed by atoms with van der Waals surface area (Å²) in [6, 6.07) is 8.89. The summed E-state index contributed by atoms with van der Waals surface area (Å²) in [5.74, 6) is 0.931. The Morgan fingerprint density at radius 3 is 2.74 bits per heavy atom. The molecule has 1 saturated heterocycles. The standard InChI is InChI=1S/C14H17ClN4/c1-9-8-19(10(2)7-16-9)14-12-6-4-3-5-11(12)13(15)17-18-14/h3-6,9-10,16H,7-8H2,1-2H3/t9-,10+/m1/s1. The maximum atomic E-state index is 6.13. The van der Waals surface area contributed by atoms with E-state index < -0.39 is 0 Å². The van der Waals surface area contributed by atoms with Gasteiger partial charge in [-0.3, -0.25) is 0 Å². The summed E-state index contributed by atoms with van der Waals surface area (Å²) in [5, 5.41) is 14.4. The lowest BCUT2D eigenvalue weighted by Crippen LogP contribution is -2.54. The van der Waals surface area contributed by atoms with Gasteiger partial charge in [0.1, 0.15) is 0 Å². The SMILES string of the molecule is C[C@@H]1CN(c2nnc(Cl)c3ccccc23)[C@@H](C)CN1. The van der Waals surface area contributed by atoms with Gasteiger partial charge in [-0.2, -0.15) is 0 Å². The van der Waals surface area contributed by atoms with Crippen molar-refractivity contribution in [3.8, 4) is 0 Å². The van der Waals surface area contributed by atoms with E-state index in [2.05, 4.69) is 40.3 Å². The number of rotatable bonds is 1. The predicted octanol–water partition coefficient (Wildman–Crippen LogP) is 2.47. The second-order valence-corrected chi connectivity index (χ2v) is 5.53. The maximum Gasteiger partial charge on any atom is 0.159 e. The Balaban J connectivity index is 2.12. The molecule has 0 unspecified atom stereocenters. The van der Waals surface area contributed by atoms with Crippen LogP contribution in [0, 0.1) is 0 Å². The van der Waals surface area contributed by atoms with Crippen molar-refractivity contribution in [3.63, 3.8) is 0 Å². The number of halogens is 1. The first-order valence-corrected chi connectivity index (χ1v) is 6.95. The molecule has 1 aromatic heterocycles. The van der Waals surface area contributed by atoms with Gasteiger partial charge in [-0.05, 0) is 13.8 Å². The molecule has 0 bridgehead atoms. The molecule has 0 radical (unpaired) electrons. The molecule has 2 heterocycles. The highest BCUT2D eigenvalue weighted by atomic mass is 35.5. The summed E-state index contributed by atoms with van der Waals surface area (Å²) in [5.41, 5.74) is 0. The molecule has 1 aromatic carbocycles. The first kappa shape index (κ1) is 12.6. The Kier molecular flexibility index (Phi) is 3.29. The Morgan fingerprint density at radius 1 is 1.21 bits per heavy atom. The summed E-state index contributed by atoms with van der Waals surface area (Å²) in [7, 11) is 0. The van der Waals surface area contributed by atoms with Crippen molar-refractivity contribution >= 4 is 28.2 Å². The van der Waals surface area contributed by atoms with Gasteiger partial charge in [0.25, 0.3) is 0 Å². The lowest BCUT2D eigenvalue weighted by atomic mass is 10.1. The van der Waals surface area contributed by atoms with Crippen LogP contribution in [0.3, 0.4) is 0 Å². The fourth-order valence-corrected chi connectivity index (χ4v) is 2.79. The van der Waals surface area contributed by atoms with E-state index in [-0.39, 0.29) is 0 Å².